The van der Waals surface area contributed by atoms with Crippen molar-refractivity contribution in [3.63, 3.8) is 0 Å². The van der Waals surface area contributed by atoms with E-state index in [4.69, 9.17) is 4.74 Å². The predicted octanol–water partition coefficient (Wildman–Crippen LogP) is 2.69. The van der Waals surface area contributed by atoms with Crippen molar-refractivity contribution in [1.82, 2.24) is 0 Å². The van der Waals surface area contributed by atoms with E-state index in [1.165, 1.54) is 7.11 Å². The Morgan fingerprint density at radius 2 is 1.89 bits per heavy atom. The molecular formula is C12H17F3O3. The minimum absolute atomic E-state index is 0.0221. The Hall–Kier alpha value is -0.780. The molecule has 0 radical (unpaired) electrons. The van der Waals surface area contributed by atoms with E-state index in [2.05, 4.69) is 4.74 Å². The highest BCUT2D eigenvalue weighted by atomic mass is 19.4. The molecule has 2 rings (SSSR count). The Labute approximate surface area is 104 Å². The number of esters is 1. The van der Waals surface area contributed by atoms with Gasteiger partial charge in [0.05, 0.1) is 32.2 Å². The monoisotopic (exact) mass is 266 g/mol. The average Bonchev–Trinajstić information content (AvgIpc) is 2.15. The van der Waals surface area contributed by atoms with Crippen LogP contribution in [0.2, 0.25) is 0 Å². The van der Waals surface area contributed by atoms with Crippen LogP contribution in [0, 0.1) is 11.3 Å². The van der Waals surface area contributed by atoms with Gasteiger partial charge in [0, 0.05) is 0 Å². The molecule has 0 saturated heterocycles. The van der Waals surface area contributed by atoms with Crippen LogP contribution in [0.5, 0.6) is 0 Å². The lowest BCUT2D eigenvalue weighted by Crippen LogP contribution is -2.53. The summed E-state index contributed by atoms with van der Waals surface area (Å²) in [5, 5.41) is 0. The van der Waals surface area contributed by atoms with Gasteiger partial charge in [-0.3, -0.25) is 4.79 Å². The van der Waals surface area contributed by atoms with Crippen LogP contribution in [0.1, 0.15) is 32.1 Å². The van der Waals surface area contributed by atoms with Crippen LogP contribution >= 0.6 is 0 Å². The maximum atomic E-state index is 11.9. The first-order valence-electron chi connectivity index (χ1n) is 6.10. The molecule has 2 fully saturated rings. The minimum Gasteiger partial charge on any atom is -0.469 e. The highest BCUT2D eigenvalue weighted by Crippen LogP contribution is 2.59. The molecule has 2 saturated carbocycles. The third-order valence-electron chi connectivity index (χ3n) is 3.95. The summed E-state index contributed by atoms with van der Waals surface area (Å²) in [5.41, 5.74) is 0.141. The van der Waals surface area contributed by atoms with E-state index in [-0.39, 0.29) is 30.0 Å². The molecule has 0 unspecified atom stereocenters. The maximum Gasteiger partial charge on any atom is 0.391 e. The Balaban J connectivity index is 1.60. The molecule has 104 valence electrons. The molecule has 18 heavy (non-hydrogen) atoms. The molecule has 0 heterocycles. The van der Waals surface area contributed by atoms with Crippen molar-refractivity contribution in [2.75, 3.05) is 13.7 Å². The molecule has 6 heteroatoms. The van der Waals surface area contributed by atoms with Gasteiger partial charge < -0.3 is 9.47 Å². The summed E-state index contributed by atoms with van der Waals surface area (Å²) in [7, 11) is 1.37. The molecule has 2 aliphatic rings. The second-order valence-corrected chi connectivity index (χ2v) is 5.39. The predicted molar refractivity (Wildman–Crippen MR) is 56.8 cm³/mol. The van der Waals surface area contributed by atoms with Gasteiger partial charge in [0.25, 0.3) is 0 Å². The largest absolute Gasteiger partial charge is 0.469 e. The second kappa shape index (κ2) is 4.72. The molecular weight excluding hydrogens is 249 g/mol. The fraction of sp³-hybridized carbons (Fsp3) is 0.917. The van der Waals surface area contributed by atoms with Crippen molar-refractivity contribution in [1.29, 1.82) is 0 Å². The van der Waals surface area contributed by atoms with E-state index in [9.17, 15) is 18.0 Å². The van der Waals surface area contributed by atoms with Crippen molar-refractivity contribution < 1.29 is 27.4 Å². The van der Waals surface area contributed by atoms with E-state index in [1.54, 1.807) is 0 Å². The zero-order chi connectivity index (χ0) is 13.4. The first-order valence-corrected chi connectivity index (χ1v) is 6.10. The summed E-state index contributed by atoms with van der Waals surface area (Å²) in [6.07, 6.45) is -1.96. The summed E-state index contributed by atoms with van der Waals surface area (Å²) in [4.78, 5) is 11.2. The molecule has 0 aromatic carbocycles. The van der Waals surface area contributed by atoms with Crippen LogP contribution in [0.25, 0.3) is 0 Å². The zero-order valence-electron chi connectivity index (χ0n) is 10.3. The van der Waals surface area contributed by atoms with Crippen molar-refractivity contribution >= 4 is 5.97 Å². The summed E-state index contributed by atoms with van der Waals surface area (Å²) >= 11 is 0. The Bertz CT molecular complexity index is 313. The van der Waals surface area contributed by atoms with Crippen LogP contribution in [0.3, 0.4) is 0 Å². The lowest BCUT2D eigenvalue weighted by atomic mass is 9.50. The summed E-state index contributed by atoms with van der Waals surface area (Å²) in [6, 6.07) is 0. The van der Waals surface area contributed by atoms with Gasteiger partial charge in [0.2, 0.25) is 0 Å². The lowest BCUT2D eigenvalue weighted by Gasteiger charge is -2.56. The van der Waals surface area contributed by atoms with E-state index in [0.717, 1.165) is 25.7 Å². The number of alkyl halides is 3. The van der Waals surface area contributed by atoms with Gasteiger partial charge in [-0.2, -0.15) is 13.2 Å². The summed E-state index contributed by atoms with van der Waals surface area (Å²) in [5.74, 6) is -0.201. The van der Waals surface area contributed by atoms with E-state index < -0.39 is 12.6 Å². The quantitative estimate of drug-likeness (QED) is 0.734. The second-order valence-electron chi connectivity index (χ2n) is 5.39. The first kappa shape index (κ1) is 13.6. The maximum absolute atomic E-state index is 11.9. The Kier molecular flexibility index (Phi) is 3.58. The summed E-state index contributed by atoms with van der Waals surface area (Å²) < 4.78 is 45.5. The van der Waals surface area contributed by atoms with Gasteiger partial charge in [0.15, 0.2) is 0 Å². The van der Waals surface area contributed by atoms with Crippen molar-refractivity contribution in [3.8, 4) is 0 Å². The van der Waals surface area contributed by atoms with Crippen molar-refractivity contribution in [2.24, 2.45) is 11.3 Å². The molecule has 0 N–H and O–H groups in total. The highest BCUT2D eigenvalue weighted by Gasteiger charge is 2.55. The van der Waals surface area contributed by atoms with E-state index in [0.29, 0.717) is 0 Å². The zero-order valence-corrected chi connectivity index (χ0v) is 10.3. The Morgan fingerprint density at radius 1 is 1.28 bits per heavy atom. The van der Waals surface area contributed by atoms with Gasteiger partial charge in [-0.25, -0.2) is 0 Å². The standard InChI is InChI=1S/C12H17F3O3/c1-17-10(16)8-4-11(5-8)6-9(7-11)18-3-2-12(13,14)15/h8-9H,2-7H2,1H3. The molecule has 0 bridgehead atoms. The van der Waals surface area contributed by atoms with E-state index in [1.807, 2.05) is 0 Å². The van der Waals surface area contributed by atoms with Crippen LogP contribution in [-0.4, -0.2) is 32.0 Å². The van der Waals surface area contributed by atoms with Crippen LogP contribution < -0.4 is 0 Å². The van der Waals surface area contributed by atoms with Crippen molar-refractivity contribution in [2.45, 2.75) is 44.4 Å². The number of carbonyl (C=O) groups excluding carboxylic acids is 1. The van der Waals surface area contributed by atoms with Crippen LogP contribution in [0.4, 0.5) is 13.2 Å². The minimum atomic E-state index is -4.14. The molecule has 2 aliphatic carbocycles. The topological polar surface area (TPSA) is 35.5 Å². The van der Waals surface area contributed by atoms with Crippen LogP contribution in [-0.2, 0) is 14.3 Å². The smallest absolute Gasteiger partial charge is 0.391 e. The molecule has 0 aliphatic heterocycles. The van der Waals surface area contributed by atoms with Crippen molar-refractivity contribution in [3.05, 3.63) is 0 Å². The fourth-order valence-electron chi connectivity index (χ4n) is 3.02. The number of halogens is 3. The molecule has 0 aromatic heterocycles. The normalized spacial score (nSPS) is 34.9. The van der Waals surface area contributed by atoms with Gasteiger partial charge >= 0.3 is 12.1 Å². The number of hydrogen-bond acceptors (Lipinski definition) is 3. The molecule has 0 amide bonds. The molecule has 0 atom stereocenters. The van der Waals surface area contributed by atoms with Gasteiger partial charge in [-0.15, -0.1) is 0 Å². The first-order chi connectivity index (χ1) is 8.34. The molecule has 0 aromatic rings. The third kappa shape index (κ3) is 2.96. The third-order valence-corrected chi connectivity index (χ3v) is 3.95. The van der Waals surface area contributed by atoms with E-state index >= 15 is 0 Å². The SMILES string of the molecule is COC(=O)C1CC2(CC(OCCC(F)(F)F)C2)C1. The Morgan fingerprint density at radius 3 is 2.39 bits per heavy atom. The summed E-state index contributed by atoms with van der Waals surface area (Å²) in [6.45, 7) is -0.259. The lowest BCUT2D eigenvalue weighted by molar-refractivity contribution is -0.184. The molecule has 3 nitrogen and oxygen atoms in total. The number of hydrogen-bond donors (Lipinski definition) is 0. The fourth-order valence-corrected chi connectivity index (χ4v) is 3.02. The number of carbonyl (C=O) groups is 1. The highest BCUT2D eigenvalue weighted by molar-refractivity contribution is 5.73. The van der Waals surface area contributed by atoms with Crippen LogP contribution in [0.15, 0.2) is 0 Å². The number of ether oxygens (including phenoxy) is 2. The number of methoxy groups -OCH3 is 1. The van der Waals surface area contributed by atoms with Gasteiger partial charge in [-0.05, 0) is 31.1 Å². The van der Waals surface area contributed by atoms with Gasteiger partial charge in [-0.1, -0.05) is 0 Å². The average molecular weight is 266 g/mol. The van der Waals surface area contributed by atoms with Gasteiger partial charge in [0.1, 0.15) is 0 Å². The number of rotatable bonds is 4. The molecule has 1 spiro atoms.